The van der Waals surface area contributed by atoms with Gasteiger partial charge >= 0.3 is 0 Å². The topological polar surface area (TPSA) is 41.9 Å². The smallest absolute Gasteiger partial charge is 0.119 e. The first kappa shape index (κ1) is 14.3. The summed E-state index contributed by atoms with van der Waals surface area (Å²) < 4.78 is 10.3. The lowest BCUT2D eigenvalue weighted by molar-refractivity contribution is 0.0369. The van der Waals surface area contributed by atoms with Crippen LogP contribution in [0.2, 0.25) is 0 Å². The van der Waals surface area contributed by atoms with Crippen molar-refractivity contribution in [2.24, 2.45) is 0 Å². The standard InChI is InChI=1S/C15H23NO3/c1-16(8-9-18-2)14-7-4-11-10-12(19-3)5-6-13(11)15(14)17/h5-6,10,14-15,17H,4,7-9H2,1-3H3. The molecule has 0 fully saturated rings. The third-order valence-electron chi connectivity index (χ3n) is 3.96. The van der Waals surface area contributed by atoms with E-state index in [1.54, 1.807) is 14.2 Å². The van der Waals surface area contributed by atoms with Crippen LogP contribution in [-0.2, 0) is 11.2 Å². The summed E-state index contributed by atoms with van der Waals surface area (Å²) in [5, 5.41) is 10.5. The van der Waals surface area contributed by atoms with Gasteiger partial charge in [0.2, 0.25) is 0 Å². The second-order valence-corrected chi connectivity index (χ2v) is 5.09. The van der Waals surface area contributed by atoms with E-state index in [4.69, 9.17) is 9.47 Å². The Balaban J connectivity index is 2.12. The normalized spacial score (nSPS) is 22.4. The first-order valence-corrected chi connectivity index (χ1v) is 6.71. The molecule has 0 spiro atoms. The number of aryl methyl sites for hydroxylation is 1. The lowest BCUT2D eigenvalue weighted by Gasteiger charge is -2.36. The number of aliphatic hydroxyl groups excluding tert-OH is 1. The molecular formula is C15H23NO3. The molecule has 0 aromatic heterocycles. The van der Waals surface area contributed by atoms with Crippen LogP contribution in [0.4, 0.5) is 0 Å². The number of hydrogen-bond acceptors (Lipinski definition) is 4. The third kappa shape index (κ3) is 3.08. The first-order valence-electron chi connectivity index (χ1n) is 6.71. The average Bonchev–Trinajstić information content (AvgIpc) is 2.44. The summed E-state index contributed by atoms with van der Waals surface area (Å²) in [6, 6.07) is 6.09. The SMILES string of the molecule is COCCN(C)C1CCc2cc(OC)ccc2C1O. The fourth-order valence-electron chi connectivity index (χ4n) is 2.75. The Morgan fingerprint density at radius 2 is 2.16 bits per heavy atom. The maximum Gasteiger partial charge on any atom is 0.119 e. The van der Waals surface area contributed by atoms with Crippen molar-refractivity contribution in [3.63, 3.8) is 0 Å². The number of likely N-dealkylation sites (N-methyl/N-ethyl adjacent to an activating group) is 1. The third-order valence-corrected chi connectivity index (χ3v) is 3.96. The van der Waals surface area contributed by atoms with Gasteiger partial charge in [-0.2, -0.15) is 0 Å². The Kier molecular flexibility index (Phi) is 4.80. The highest BCUT2D eigenvalue weighted by atomic mass is 16.5. The van der Waals surface area contributed by atoms with E-state index in [-0.39, 0.29) is 6.04 Å². The molecule has 1 aliphatic carbocycles. The van der Waals surface area contributed by atoms with E-state index in [9.17, 15) is 5.11 Å². The van der Waals surface area contributed by atoms with Crippen LogP contribution in [0.1, 0.15) is 23.7 Å². The van der Waals surface area contributed by atoms with Gasteiger partial charge in [0.15, 0.2) is 0 Å². The minimum Gasteiger partial charge on any atom is -0.497 e. The number of hydrogen-bond donors (Lipinski definition) is 1. The number of ether oxygens (including phenoxy) is 2. The highest BCUT2D eigenvalue weighted by Crippen LogP contribution is 2.34. The Morgan fingerprint density at radius 3 is 2.84 bits per heavy atom. The molecule has 0 radical (unpaired) electrons. The van der Waals surface area contributed by atoms with Gasteiger partial charge in [0.05, 0.1) is 19.8 Å². The van der Waals surface area contributed by atoms with Crippen molar-refractivity contribution in [1.82, 2.24) is 4.90 Å². The van der Waals surface area contributed by atoms with E-state index >= 15 is 0 Å². The number of methoxy groups -OCH3 is 2. The van der Waals surface area contributed by atoms with Gasteiger partial charge < -0.3 is 14.6 Å². The molecule has 1 N–H and O–H groups in total. The van der Waals surface area contributed by atoms with Crippen LogP contribution in [0.25, 0.3) is 0 Å². The summed E-state index contributed by atoms with van der Waals surface area (Å²) >= 11 is 0. The second-order valence-electron chi connectivity index (χ2n) is 5.09. The van der Waals surface area contributed by atoms with Gasteiger partial charge in [-0.25, -0.2) is 0 Å². The van der Waals surface area contributed by atoms with Crippen LogP contribution in [-0.4, -0.2) is 50.5 Å². The van der Waals surface area contributed by atoms with Crippen molar-refractivity contribution in [1.29, 1.82) is 0 Å². The Bertz CT molecular complexity index is 422. The fourth-order valence-corrected chi connectivity index (χ4v) is 2.75. The second kappa shape index (κ2) is 6.37. The van der Waals surface area contributed by atoms with Crippen LogP contribution in [0.3, 0.4) is 0 Å². The van der Waals surface area contributed by atoms with E-state index in [0.29, 0.717) is 6.61 Å². The highest BCUT2D eigenvalue weighted by molar-refractivity contribution is 5.39. The quantitative estimate of drug-likeness (QED) is 0.878. The number of benzene rings is 1. The van der Waals surface area contributed by atoms with Gasteiger partial charge in [-0.3, -0.25) is 4.90 Å². The zero-order valence-corrected chi connectivity index (χ0v) is 11.9. The number of nitrogens with zero attached hydrogens (tertiary/aromatic N) is 1. The number of rotatable bonds is 5. The number of fused-ring (bicyclic) bond motifs is 1. The highest BCUT2D eigenvalue weighted by Gasteiger charge is 2.30. The molecule has 0 aliphatic heterocycles. The van der Waals surface area contributed by atoms with Crippen LogP contribution < -0.4 is 4.74 Å². The summed E-state index contributed by atoms with van der Waals surface area (Å²) in [5.41, 5.74) is 2.23. The van der Waals surface area contributed by atoms with Gasteiger partial charge in [0.1, 0.15) is 5.75 Å². The Hall–Kier alpha value is -1.10. The summed E-state index contributed by atoms with van der Waals surface area (Å²) in [6.07, 6.45) is 1.50. The molecule has 0 bridgehead atoms. The molecule has 1 aromatic rings. The summed E-state index contributed by atoms with van der Waals surface area (Å²) in [7, 11) is 5.41. The Labute approximate surface area is 114 Å². The summed E-state index contributed by atoms with van der Waals surface area (Å²) in [5.74, 6) is 0.858. The Morgan fingerprint density at radius 1 is 1.37 bits per heavy atom. The van der Waals surface area contributed by atoms with Gasteiger partial charge in [-0.1, -0.05) is 6.07 Å². The predicted octanol–water partition coefficient (Wildman–Crippen LogP) is 1.62. The maximum atomic E-state index is 10.5. The van der Waals surface area contributed by atoms with Crippen molar-refractivity contribution >= 4 is 0 Å². The fraction of sp³-hybridized carbons (Fsp3) is 0.600. The molecule has 1 aromatic carbocycles. The van der Waals surface area contributed by atoms with E-state index in [2.05, 4.69) is 4.90 Å². The van der Waals surface area contributed by atoms with Gasteiger partial charge in [-0.05, 0) is 43.1 Å². The average molecular weight is 265 g/mol. The van der Waals surface area contributed by atoms with Gasteiger partial charge in [-0.15, -0.1) is 0 Å². The molecule has 19 heavy (non-hydrogen) atoms. The first-order chi connectivity index (χ1) is 9.17. The molecule has 0 saturated heterocycles. The van der Waals surface area contributed by atoms with Crippen molar-refractivity contribution < 1.29 is 14.6 Å². The van der Waals surface area contributed by atoms with Crippen molar-refractivity contribution in [2.45, 2.75) is 25.0 Å². The molecule has 2 rings (SSSR count). The predicted molar refractivity (Wildman–Crippen MR) is 74.6 cm³/mol. The zero-order valence-electron chi connectivity index (χ0n) is 11.9. The molecule has 106 valence electrons. The van der Waals surface area contributed by atoms with E-state index in [1.807, 2.05) is 25.2 Å². The van der Waals surface area contributed by atoms with E-state index in [1.165, 1.54) is 5.56 Å². The van der Waals surface area contributed by atoms with Crippen molar-refractivity contribution in [3.8, 4) is 5.75 Å². The van der Waals surface area contributed by atoms with Crippen LogP contribution >= 0.6 is 0 Å². The minimum absolute atomic E-state index is 0.163. The number of aliphatic hydroxyl groups is 1. The molecule has 0 amide bonds. The molecule has 4 heteroatoms. The van der Waals surface area contributed by atoms with Gasteiger partial charge in [0, 0.05) is 19.7 Å². The van der Waals surface area contributed by atoms with E-state index < -0.39 is 6.10 Å². The maximum absolute atomic E-state index is 10.5. The van der Waals surface area contributed by atoms with Crippen LogP contribution in [0.15, 0.2) is 18.2 Å². The minimum atomic E-state index is -0.434. The molecule has 4 nitrogen and oxygen atoms in total. The zero-order chi connectivity index (χ0) is 13.8. The molecule has 0 saturated carbocycles. The van der Waals surface area contributed by atoms with Crippen molar-refractivity contribution in [2.75, 3.05) is 34.4 Å². The van der Waals surface area contributed by atoms with E-state index in [0.717, 1.165) is 30.7 Å². The van der Waals surface area contributed by atoms with Crippen LogP contribution in [0, 0.1) is 0 Å². The molecule has 0 heterocycles. The summed E-state index contributed by atoms with van der Waals surface area (Å²) in [6.45, 7) is 1.53. The molecule has 2 unspecified atom stereocenters. The van der Waals surface area contributed by atoms with Gasteiger partial charge in [0.25, 0.3) is 0 Å². The molecule has 2 atom stereocenters. The molecular weight excluding hydrogens is 242 g/mol. The summed E-state index contributed by atoms with van der Waals surface area (Å²) in [4.78, 5) is 2.18. The monoisotopic (exact) mass is 265 g/mol. The van der Waals surface area contributed by atoms with Crippen LogP contribution in [0.5, 0.6) is 5.75 Å². The largest absolute Gasteiger partial charge is 0.497 e. The lowest BCUT2D eigenvalue weighted by Crippen LogP contribution is -2.41. The lowest BCUT2D eigenvalue weighted by atomic mass is 9.85. The van der Waals surface area contributed by atoms with Crippen molar-refractivity contribution in [3.05, 3.63) is 29.3 Å². The molecule has 1 aliphatic rings.